The Morgan fingerprint density at radius 2 is 1.80 bits per heavy atom. The van der Waals surface area contributed by atoms with Crippen molar-refractivity contribution in [2.24, 2.45) is 0 Å². The summed E-state index contributed by atoms with van der Waals surface area (Å²) < 4.78 is 31.9. The summed E-state index contributed by atoms with van der Waals surface area (Å²) >= 11 is 0. The van der Waals surface area contributed by atoms with Crippen LogP contribution in [-0.2, 0) is 0 Å². The largest absolute Gasteiger partial charge is 0.492 e. The lowest BCUT2D eigenvalue weighted by Gasteiger charge is -2.19. The van der Waals surface area contributed by atoms with E-state index in [0.717, 1.165) is 11.8 Å². The number of hydrogen-bond acceptors (Lipinski definition) is 2. The maximum atomic E-state index is 13.3. The maximum Gasteiger partial charge on any atom is 0.159 e. The van der Waals surface area contributed by atoms with E-state index in [1.807, 2.05) is 37.3 Å². The van der Waals surface area contributed by atoms with E-state index in [9.17, 15) is 8.78 Å². The van der Waals surface area contributed by atoms with Crippen LogP contribution in [0.4, 0.5) is 8.78 Å². The zero-order valence-corrected chi connectivity index (χ0v) is 11.3. The molecule has 0 saturated heterocycles. The molecule has 0 aliphatic heterocycles. The van der Waals surface area contributed by atoms with Crippen molar-refractivity contribution in [3.63, 3.8) is 0 Å². The Balaban J connectivity index is 2.08. The fourth-order valence-corrected chi connectivity index (χ4v) is 1.94. The lowest BCUT2D eigenvalue weighted by Crippen LogP contribution is -2.26. The van der Waals surface area contributed by atoms with Crippen molar-refractivity contribution >= 4 is 0 Å². The van der Waals surface area contributed by atoms with Crippen molar-refractivity contribution < 1.29 is 13.5 Å². The topological polar surface area (TPSA) is 21.3 Å². The van der Waals surface area contributed by atoms with E-state index >= 15 is 0 Å². The quantitative estimate of drug-likeness (QED) is 0.869. The van der Waals surface area contributed by atoms with Crippen LogP contribution < -0.4 is 10.1 Å². The van der Waals surface area contributed by atoms with Gasteiger partial charge in [0, 0.05) is 0 Å². The van der Waals surface area contributed by atoms with E-state index < -0.39 is 11.6 Å². The summed E-state index contributed by atoms with van der Waals surface area (Å²) in [4.78, 5) is 0. The predicted molar refractivity (Wildman–Crippen MR) is 74.7 cm³/mol. The summed E-state index contributed by atoms with van der Waals surface area (Å²) in [7, 11) is 0. The Labute approximate surface area is 117 Å². The smallest absolute Gasteiger partial charge is 0.159 e. The molecule has 106 valence electrons. The highest BCUT2D eigenvalue weighted by Gasteiger charge is 2.13. The summed E-state index contributed by atoms with van der Waals surface area (Å²) in [6.45, 7) is 3.01. The Morgan fingerprint density at radius 3 is 2.45 bits per heavy atom. The molecule has 0 heterocycles. The normalized spacial score (nSPS) is 12.2. The monoisotopic (exact) mass is 277 g/mol. The third-order valence-corrected chi connectivity index (χ3v) is 2.96. The molecule has 1 N–H and O–H groups in total. The number of halogens is 2. The molecule has 0 spiro atoms. The van der Waals surface area contributed by atoms with Gasteiger partial charge in [-0.25, -0.2) is 8.78 Å². The molecule has 2 aromatic rings. The van der Waals surface area contributed by atoms with Crippen LogP contribution in [0.5, 0.6) is 5.75 Å². The Hall–Kier alpha value is -1.94. The molecule has 0 saturated carbocycles. The second-order valence-electron chi connectivity index (χ2n) is 4.41. The summed E-state index contributed by atoms with van der Waals surface area (Å²) in [5.74, 6) is -0.934. The molecule has 0 bridgehead atoms. The molecule has 2 nitrogen and oxygen atoms in total. The molecule has 1 unspecified atom stereocenters. The third kappa shape index (κ3) is 3.78. The van der Waals surface area contributed by atoms with E-state index in [4.69, 9.17) is 4.74 Å². The summed E-state index contributed by atoms with van der Waals surface area (Å²) in [5, 5.41) is 3.20. The molecule has 2 rings (SSSR count). The first-order valence-electron chi connectivity index (χ1n) is 6.57. The Morgan fingerprint density at radius 1 is 1.05 bits per heavy atom. The third-order valence-electron chi connectivity index (χ3n) is 2.96. The van der Waals surface area contributed by atoms with Crippen LogP contribution in [0.15, 0.2) is 48.5 Å². The number of hydrogen-bond donors (Lipinski definition) is 1. The number of para-hydroxylation sites is 1. The van der Waals surface area contributed by atoms with E-state index in [1.54, 1.807) is 6.07 Å². The maximum absolute atomic E-state index is 13.3. The molecule has 0 aliphatic carbocycles. The van der Waals surface area contributed by atoms with Crippen LogP contribution in [0.25, 0.3) is 0 Å². The minimum atomic E-state index is -0.842. The van der Waals surface area contributed by atoms with Gasteiger partial charge in [0.2, 0.25) is 0 Å². The molecule has 1 atom stereocenters. The minimum absolute atomic E-state index is 0.185. The molecule has 0 radical (unpaired) electrons. The minimum Gasteiger partial charge on any atom is -0.492 e. The van der Waals surface area contributed by atoms with Crippen LogP contribution >= 0.6 is 0 Å². The highest BCUT2D eigenvalue weighted by molar-refractivity contribution is 5.23. The second-order valence-corrected chi connectivity index (χ2v) is 4.41. The number of benzene rings is 2. The van der Waals surface area contributed by atoms with Crippen LogP contribution in [0, 0.1) is 11.6 Å². The average molecular weight is 277 g/mol. The average Bonchev–Trinajstić information content (AvgIpc) is 2.47. The first kappa shape index (κ1) is 14.5. The van der Waals surface area contributed by atoms with Crippen LogP contribution in [0.2, 0.25) is 0 Å². The van der Waals surface area contributed by atoms with Crippen LogP contribution in [-0.4, -0.2) is 13.2 Å². The van der Waals surface area contributed by atoms with E-state index in [-0.39, 0.29) is 6.04 Å². The van der Waals surface area contributed by atoms with Crippen LogP contribution in [0.3, 0.4) is 0 Å². The molecule has 0 aromatic heterocycles. The standard InChI is InChI=1S/C16H17F2NO/c1-2-19-16(11-20-13-6-4-3-5-7-13)12-8-9-14(17)15(18)10-12/h3-10,16,19H,2,11H2,1H3. The zero-order valence-electron chi connectivity index (χ0n) is 11.3. The van der Waals surface area contributed by atoms with Gasteiger partial charge in [-0.15, -0.1) is 0 Å². The van der Waals surface area contributed by atoms with Crippen molar-refractivity contribution in [1.29, 1.82) is 0 Å². The number of likely N-dealkylation sites (N-methyl/N-ethyl adjacent to an activating group) is 1. The van der Waals surface area contributed by atoms with Gasteiger partial charge in [0.15, 0.2) is 11.6 Å². The summed E-state index contributed by atoms with van der Waals surface area (Å²) in [6, 6.07) is 13.1. The van der Waals surface area contributed by atoms with Gasteiger partial charge in [-0.05, 0) is 36.4 Å². The van der Waals surface area contributed by atoms with Crippen molar-refractivity contribution in [2.75, 3.05) is 13.2 Å². The summed E-state index contributed by atoms with van der Waals surface area (Å²) in [6.07, 6.45) is 0. The van der Waals surface area contributed by atoms with Gasteiger partial charge in [0.1, 0.15) is 12.4 Å². The SMILES string of the molecule is CCNC(COc1ccccc1)c1ccc(F)c(F)c1. The van der Waals surface area contributed by atoms with Gasteiger partial charge in [0.25, 0.3) is 0 Å². The van der Waals surface area contributed by atoms with Gasteiger partial charge >= 0.3 is 0 Å². The van der Waals surface area contributed by atoms with Gasteiger partial charge in [0.05, 0.1) is 6.04 Å². The van der Waals surface area contributed by atoms with E-state index in [0.29, 0.717) is 18.7 Å². The van der Waals surface area contributed by atoms with Crippen molar-refractivity contribution in [3.8, 4) is 5.75 Å². The Bertz CT molecular complexity index is 545. The van der Waals surface area contributed by atoms with Crippen LogP contribution in [0.1, 0.15) is 18.5 Å². The Kier molecular flexibility index (Phi) is 5.07. The molecule has 0 fully saturated rings. The second kappa shape index (κ2) is 7.01. The molecule has 0 aliphatic rings. The molecular formula is C16H17F2NO. The van der Waals surface area contributed by atoms with E-state index in [1.165, 1.54) is 6.07 Å². The molecule has 4 heteroatoms. The van der Waals surface area contributed by atoms with E-state index in [2.05, 4.69) is 5.32 Å². The highest BCUT2D eigenvalue weighted by Crippen LogP contribution is 2.18. The fraction of sp³-hybridized carbons (Fsp3) is 0.250. The van der Waals surface area contributed by atoms with Crippen molar-refractivity contribution in [2.45, 2.75) is 13.0 Å². The highest BCUT2D eigenvalue weighted by atomic mass is 19.2. The number of ether oxygens (including phenoxy) is 1. The molecule has 20 heavy (non-hydrogen) atoms. The fourth-order valence-electron chi connectivity index (χ4n) is 1.94. The first-order valence-corrected chi connectivity index (χ1v) is 6.57. The van der Waals surface area contributed by atoms with Gasteiger partial charge in [-0.2, -0.15) is 0 Å². The first-order chi connectivity index (χ1) is 9.70. The lowest BCUT2D eigenvalue weighted by molar-refractivity contribution is 0.267. The zero-order chi connectivity index (χ0) is 14.4. The lowest BCUT2D eigenvalue weighted by atomic mass is 10.1. The van der Waals surface area contributed by atoms with Crippen molar-refractivity contribution in [3.05, 3.63) is 65.7 Å². The number of rotatable bonds is 6. The van der Waals surface area contributed by atoms with Gasteiger partial charge in [-0.3, -0.25) is 0 Å². The van der Waals surface area contributed by atoms with Crippen molar-refractivity contribution in [1.82, 2.24) is 5.32 Å². The summed E-state index contributed by atoms with van der Waals surface area (Å²) in [5.41, 5.74) is 0.668. The number of nitrogens with one attached hydrogen (secondary N) is 1. The van der Waals surface area contributed by atoms with Gasteiger partial charge < -0.3 is 10.1 Å². The molecule has 2 aromatic carbocycles. The van der Waals surface area contributed by atoms with Gasteiger partial charge in [-0.1, -0.05) is 31.2 Å². The molecular weight excluding hydrogens is 260 g/mol. The molecule has 0 amide bonds. The predicted octanol–water partition coefficient (Wildman–Crippen LogP) is 3.69.